The first-order valence-electron chi connectivity index (χ1n) is 10.2. The number of urea groups is 1. The van der Waals surface area contributed by atoms with Gasteiger partial charge in [-0.1, -0.05) is 22.9 Å². The number of carbonyl (C=O) groups is 1. The third-order valence-corrected chi connectivity index (χ3v) is 5.27. The molecule has 2 unspecified atom stereocenters. The van der Waals surface area contributed by atoms with Crippen molar-refractivity contribution < 1.29 is 27.2 Å². The van der Waals surface area contributed by atoms with Crippen molar-refractivity contribution in [2.24, 2.45) is 0 Å². The van der Waals surface area contributed by atoms with Gasteiger partial charge in [0.1, 0.15) is 5.75 Å². The van der Waals surface area contributed by atoms with E-state index in [0.717, 1.165) is 5.56 Å². The molecule has 1 aliphatic rings. The van der Waals surface area contributed by atoms with Crippen LogP contribution in [0.2, 0.25) is 0 Å². The summed E-state index contributed by atoms with van der Waals surface area (Å²) in [6, 6.07) is 12.1. The molecule has 1 aromatic heterocycles. The summed E-state index contributed by atoms with van der Waals surface area (Å²) < 4.78 is 46.2. The smallest absolute Gasteiger partial charge is 0.406 e. The van der Waals surface area contributed by atoms with E-state index in [2.05, 4.69) is 25.5 Å². The Morgan fingerprint density at radius 2 is 1.85 bits per heavy atom. The number of aryl methyl sites for hydroxylation is 1. The van der Waals surface area contributed by atoms with E-state index in [1.807, 2.05) is 43.1 Å². The molecule has 2 heterocycles. The van der Waals surface area contributed by atoms with Crippen molar-refractivity contribution in [1.29, 1.82) is 0 Å². The van der Waals surface area contributed by atoms with Crippen molar-refractivity contribution in [1.82, 2.24) is 20.4 Å². The molecule has 0 aliphatic carbocycles. The monoisotopic (exact) mass is 461 g/mol. The molecule has 174 valence electrons. The number of rotatable bonds is 5. The predicted molar refractivity (Wildman–Crippen MR) is 114 cm³/mol. The molecule has 8 nitrogen and oxygen atoms in total. The summed E-state index contributed by atoms with van der Waals surface area (Å²) in [5, 5.41) is 9.70. The third-order valence-electron chi connectivity index (χ3n) is 5.27. The number of aromatic nitrogens is 2. The average molecular weight is 461 g/mol. The fourth-order valence-corrected chi connectivity index (χ4v) is 3.68. The van der Waals surface area contributed by atoms with Crippen molar-refractivity contribution in [2.75, 3.05) is 18.9 Å². The minimum absolute atomic E-state index is 0.125. The molecule has 0 saturated carbocycles. The van der Waals surface area contributed by atoms with Gasteiger partial charge in [-0.05, 0) is 56.8 Å². The number of hydrogen-bond acceptors (Lipinski definition) is 6. The largest absolute Gasteiger partial charge is 0.573 e. The highest BCUT2D eigenvalue weighted by Crippen LogP contribution is 2.31. The van der Waals surface area contributed by atoms with Gasteiger partial charge in [0.25, 0.3) is 0 Å². The molecule has 1 fully saturated rings. The number of ether oxygens (including phenoxy) is 1. The molecule has 11 heteroatoms. The maximum Gasteiger partial charge on any atom is 0.573 e. The van der Waals surface area contributed by atoms with Gasteiger partial charge >= 0.3 is 12.4 Å². The second-order valence-electron chi connectivity index (χ2n) is 7.88. The summed E-state index contributed by atoms with van der Waals surface area (Å²) in [5.41, 5.74) is 2.30. The van der Waals surface area contributed by atoms with Crippen LogP contribution in [-0.2, 0) is 0 Å². The van der Waals surface area contributed by atoms with Crippen LogP contribution in [0.5, 0.6) is 5.75 Å². The van der Waals surface area contributed by atoms with Crippen LogP contribution in [0.4, 0.5) is 23.7 Å². The van der Waals surface area contributed by atoms with Crippen LogP contribution < -0.4 is 15.4 Å². The Labute approximate surface area is 187 Å². The van der Waals surface area contributed by atoms with E-state index in [1.165, 1.54) is 24.3 Å². The fraction of sp³-hybridized carbons (Fsp3) is 0.318. The lowest BCUT2D eigenvalue weighted by Crippen LogP contribution is -2.39. The zero-order valence-corrected chi connectivity index (χ0v) is 17.9. The normalized spacial score (nSPS) is 18.8. The number of hydrogen-bond donors (Lipinski definition) is 2. The predicted octanol–water partition coefficient (Wildman–Crippen LogP) is 4.51. The number of carbonyl (C=O) groups excluding carboxylic acids is 1. The molecular weight excluding hydrogens is 439 g/mol. The van der Waals surface area contributed by atoms with E-state index in [0.29, 0.717) is 30.1 Å². The van der Waals surface area contributed by atoms with Crippen LogP contribution in [0.15, 0.2) is 53.1 Å². The SMILES string of the molecule is Cc1ccc(NC(=O)NC2CC(c3nc(-c4ccc(OC(F)(F)F)cc4)no3)N(C)C2)cc1. The quantitative estimate of drug-likeness (QED) is 0.581. The molecule has 33 heavy (non-hydrogen) atoms. The second-order valence-corrected chi connectivity index (χ2v) is 7.88. The van der Waals surface area contributed by atoms with Crippen LogP contribution >= 0.6 is 0 Å². The van der Waals surface area contributed by atoms with Crippen molar-refractivity contribution in [3.8, 4) is 17.1 Å². The molecule has 2 amide bonds. The molecule has 1 aliphatic heterocycles. The molecule has 1 saturated heterocycles. The van der Waals surface area contributed by atoms with Crippen LogP contribution in [0, 0.1) is 6.92 Å². The van der Waals surface area contributed by atoms with Crippen molar-refractivity contribution in [3.63, 3.8) is 0 Å². The minimum Gasteiger partial charge on any atom is -0.406 e. The summed E-state index contributed by atoms with van der Waals surface area (Å²) in [4.78, 5) is 18.7. The van der Waals surface area contributed by atoms with Gasteiger partial charge in [-0.25, -0.2) is 4.79 Å². The van der Waals surface area contributed by atoms with Gasteiger partial charge in [-0.3, -0.25) is 4.90 Å². The van der Waals surface area contributed by atoms with Gasteiger partial charge in [0.15, 0.2) is 0 Å². The Kier molecular flexibility index (Phi) is 6.23. The van der Waals surface area contributed by atoms with E-state index in [9.17, 15) is 18.0 Å². The standard InChI is InChI=1S/C22H22F3N5O3/c1-13-3-7-15(8-4-13)26-21(31)27-16-11-18(30(2)12-16)20-28-19(29-33-20)14-5-9-17(10-6-14)32-22(23,24)25/h3-10,16,18H,11-12H2,1-2H3,(H2,26,27,31). The number of nitrogens with one attached hydrogen (secondary N) is 2. The lowest BCUT2D eigenvalue weighted by atomic mass is 10.1. The maximum atomic E-state index is 12.3. The number of nitrogens with zero attached hydrogens (tertiary/aromatic N) is 3. The Balaban J connectivity index is 1.36. The molecule has 3 aromatic rings. The number of amides is 2. The highest BCUT2D eigenvalue weighted by Gasteiger charge is 2.35. The van der Waals surface area contributed by atoms with Gasteiger partial charge in [0, 0.05) is 23.8 Å². The summed E-state index contributed by atoms with van der Waals surface area (Å²) in [6.45, 7) is 2.56. The van der Waals surface area contributed by atoms with Gasteiger partial charge in [-0.15, -0.1) is 13.2 Å². The molecule has 2 atom stereocenters. The van der Waals surface area contributed by atoms with Crippen molar-refractivity contribution >= 4 is 11.7 Å². The Morgan fingerprint density at radius 3 is 2.52 bits per heavy atom. The Bertz CT molecular complexity index is 1100. The summed E-state index contributed by atoms with van der Waals surface area (Å²) in [5.74, 6) is 0.292. The summed E-state index contributed by atoms with van der Waals surface area (Å²) in [7, 11) is 1.89. The number of likely N-dealkylation sites (N-methyl/N-ethyl adjacent to an activating group) is 1. The maximum absolute atomic E-state index is 12.3. The summed E-state index contributed by atoms with van der Waals surface area (Å²) in [6.07, 6.45) is -4.19. The minimum atomic E-state index is -4.75. The summed E-state index contributed by atoms with van der Waals surface area (Å²) >= 11 is 0. The molecular formula is C22H22F3N5O3. The number of anilines is 1. The van der Waals surface area contributed by atoms with Crippen LogP contribution in [0.1, 0.15) is 23.9 Å². The first-order valence-corrected chi connectivity index (χ1v) is 10.2. The topological polar surface area (TPSA) is 92.5 Å². The zero-order valence-electron chi connectivity index (χ0n) is 17.9. The highest BCUT2D eigenvalue weighted by atomic mass is 19.4. The Morgan fingerprint density at radius 1 is 1.15 bits per heavy atom. The molecule has 2 aromatic carbocycles. The van der Waals surface area contributed by atoms with Gasteiger partial charge in [-0.2, -0.15) is 4.98 Å². The Hall–Kier alpha value is -3.60. The van der Waals surface area contributed by atoms with E-state index in [-0.39, 0.29) is 29.7 Å². The van der Waals surface area contributed by atoms with Gasteiger partial charge in [0.05, 0.1) is 6.04 Å². The molecule has 0 radical (unpaired) electrons. The van der Waals surface area contributed by atoms with Crippen molar-refractivity contribution in [3.05, 3.63) is 60.0 Å². The number of alkyl halides is 3. The second kappa shape index (κ2) is 9.10. The molecule has 4 rings (SSSR count). The first kappa shape index (κ1) is 22.6. The third kappa shape index (κ3) is 5.80. The molecule has 0 bridgehead atoms. The highest BCUT2D eigenvalue weighted by molar-refractivity contribution is 5.89. The molecule has 2 N–H and O–H groups in total. The van der Waals surface area contributed by atoms with Gasteiger partial charge in [0.2, 0.25) is 11.7 Å². The van der Waals surface area contributed by atoms with E-state index in [1.54, 1.807) is 0 Å². The number of likely N-dealkylation sites (tertiary alicyclic amines) is 1. The number of benzene rings is 2. The van der Waals surface area contributed by atoms with Gasteiger partial charge < -0.3 is 19.9 Å². The average Bonchev–Trinajstić information content (AvgIpc) is 3.36. The van der Waals surface area contributed by atoms with E-state index >= 15 is 0 Å². The van der Waals surface area contributed by atoms with Crippen molar-refractivity contribution in [2.45, 2.75) is 31.8 Å². The lowest BCUT2D eigenvalue weighted by Gasteiger charge is -2.14. The first-order chi connectivity index (χ1) is 15.7. The van der Waals surface area contributed by atoms with E-state index in [4.69, 9.17) is 4.52 Å². The number of halogens is 3. The van der Waals surface area contributed by atoms with Crippen LogP contribution in [0.3, 0.4) is 0 Å². The fourth-order valence-electron chi connectivity index (χ4n) is 3.68. The molecule has 0 spiro atoms. The van der Waals surface area contributed by atoms with Crippen LogP contribution in [0.25, 0.3) is 11.4 Å². The van der Waals surface area contributed by atoms with Crippen LogP contribution in [-0.4, -0.2) is 47.1 Å². The zero-order chi connectivity index (χ0) is 23.6. The lowest BCUT2D eigenvalue weighted by molar-refractivity contribution is -0.274. The van der Waals surface area contributed by atoms with E-state index < -0.39 is 6.36 Å².